The molecule has 1 aromatic rings. The first-order valence-corrected chi connectivity index (χ1v) is 3.93. The lowest BCUT2D eigenvalue weighted by Gasteiger charge is -2.05. The first-order valence-electron chi connectivity index (χ1n) is 3.93. The summed E-state index contributed by atoms with van der Waals surface area (Å²) in [6.45, 7) is 0. The van der Waals surface area contributed by atoms with Gasteiger partial charge < -0.3 is 10.1 Å². The molecule has 0 N–H and O–H groups in total. The zero-order chi connectivity index (χ0) is 12.3. The van der Waals surface area contributed by atoms with Crippen molar-refractivity contribution < 1.29 is 18.1 Å². The minimum Gasteiger partial charge on any atom is -0.358 e. The fraction of sp³-hybridized carbons (Fsp3) is 0.250. The van der Waals surface area contributed by atoms with E-state index in [-0.39, 0.29) is 5.56 Å². The van der Waals surface area contributed by atoms with E-state index in [1.807, 2.05) is 0 Å². The highest BCUT2D eigenvalue weighted by Crippen LogP contribution is 2.31. The molecule has 8 heteroatoms. The van der Waals surface area contributed by atoms with Crippen LogP contribution in [-0.2, 0) is 12.6 Å². The molecule has 0 fully saturated rings. The molecular formula is C8H4F3N3O2. The van der Waals surface area contributed by atoms with Gasteiger partial charge in [0.1, 0.15) is 0 Å². The number of nitrogens with zero attached hydrogens (tertiary/aromatic N) is 3. The molecule has 0 aliphatic heterocycles. The van der Waals surface area contributed by atoms with Crippen LogP contribution in [0.4, 0.5) is 19.0 Å². The molecule has 0 aromatic carbocycles. The van der Waals surface area contributed by atoms with Gasteiger partial charge in [0.15, 0.2) is 6.20 Å². The molecule has 0 aliphatic carbocycles. The van der Waals surface area contributed by atoms with Gasteiger partial charge in [0, 0.05) is 0 Å². The van der Waals surface area contributed by atoms with Gasteiger partial charge in [-0.1, -0.05) is 0 Å². The standard InChI is InChI=1S/C8H4F3N3O2/c9-8(10,11)6-3-5(1-2-12)7(13-4-6)14(15)16/h3-4H,1H2. The fourth-order valence-corrected chi connectivity index (χ4v) is 1.04. The van der Waals surface area contributed by atoms with Gasteiger partial charge >= 0.3 is 12.0 Å². The quantitative estimate of drug-likeness (QED) is 0.576. The summed E-state index contributed by atoms with van der Waals surface area (Å²) >= 11 is 0. The molecule has 1 aromatic heterocycles. The van der Waals surface area contributed by atoms with E-state index in [2.05, 4.69) is 4.98 Å². The summed E-state index contributed by atoms with van der Waals surface area (Å²) in [5.74, 6) is -0.727. The second-order valence-electron chi connectivity index (χ2n) is 2.80. The van der Waals surface area contributed by atoms with Crippen molar-refractivity contribution in [2.24, 2.45) is 0 Å². The van der Waals surface area contributed by atoms with Crippen molar-refractivity contribution in [1.29, 1.82) is 5.26 Å². The lowest BCUT2D eigenvalue weighted by Crippen LogP contribution is -2.08. The summed E-state index contributed by atoms with van der Waals surface area (Å²) in [5.41, 5.74) is -1.45. The Bertz CT molecular complexity index is 465. The highest BCUT2D eigenvalue weighted by atomic mass is 19.4. The van der Waals surface area contributed by atoms with Crippen molar-refractivity contribution in [3.8, 4) is 6.07 Å². The average Bonchev–Trinajstić information content (AvgIpc) is 2.16. The number of pyridine rings is 1. The molecule has 0 saturated heterocycles. The summed E-state index contributed by atoms with van der Waals surface area (Å²) < 4.78 is 36.7. The molecule has 1 rings (SSSR count). The zero-order valence-electron chi connectivity index (χ0n) is 7.65. The van der Waals surface area contributed by atoms with E-state index >= 15 is 0 Å². The summed E-state index contributed by atoms with van der Waals surface area (Å²) in [5, 5.41) is 18.7. The molecule has 84 valence electrons. The molecule has 0 amide bonds. The number of hydrogen-bond acceptors (Lipinski definition) is 4. The minimum atomic E-state index is -4.63. The summed E-state index contributed by atoms with van der Waals surface area (Å²) in [6, 6.07) is 2.11. The van der Waals surface area contributed by atoms with Gasteiger partial charge in [0.05, 0.1) is 23.6 Å². The Hall–Kier alpha value is -2.17. The number of hydrogen-bond donors (Lipinski definition) is 0. The van der Waals surface area contributed by atoms with Crippen LogP contribution in [0.2, 0.25) is 0 Å². The Morgan fingerprint density at radius 2 is 2.19 bits per heavy atom. The van der Waals surface area contributed by atoms with Gasteiger partial charge in [0.2, 0.25) is 0 Å². The predicted octanol–water partition coefficient (Wildman–Crippen LogP) is 2.07. The maximum atomic E-state index is 12.2. The zero-order valence-corrected chi connectivity index (χ0v) is 7.65. The first-order chi connectivity index (χ1) is 7.36. The van der Waals surface area contributed by atoms with Crippen LogP contribution >= 0.6 is 0 Å². The Morgan fingerprint density at radius 1 is 1.56 bits per heavy atom. The van der Waals surface area contributed by atoms with E-state index in [0.29, 0.717) is 12.3 Å². The molecule has 0 bridgehead atoms. The van der Waals surface area contributed by atoms with Crippen LogP contribution in [0.25, 0.3) is 0 Å². The SMILES string of the molecule is N#CCc1cc(C(F)(F)F)cnc1[N+](=O)[O-]. The topological polar surface area (TPSA) is 79.8 Å². The van der Waals surface area contributed by atoms with E-state index in [1.165, 1.54) is 0 Å². The second kappa shape index (κ2) is 4.14. The lowest BCUT2D eigenvalue weighted by atomic mass is 10.1. The molecule has 5 nitrogen and oxygen atoms in total. The maximum absolute atomic E-state index is 12.2. The first kappa shape index (κ1) is 11.9. The van der Waals surface area contributed by atoms with Crippen LogP contribution in [-0.4, -0.2) is 9.91 Å². The molecule has 1 heterocycles. The number of rotatable bonds is 2. The molecule has 0 saturated carbocycles. The second-order valence-corrected chi connectivity index (χ2v) is 2.80. The van der Waals surface area contributed by atoms with Gasteiger partial charge in [0.25, 0.3) is 0 Å². The molecule has 16 heavy (non-hydrogen) atoms. The van der Waals surface area contributed by atoms with Gasteiger partial charge in [-0.3, -0.25) is 0 Å². The van der Waals surface area contributed by atoms with Crippen molar-refractivity contribution in [3.05, 3.63) is 33.5 Å². The Morgan fingerprint density at radius 3 is 2.62 bits per heavy atom. The van der Waals surface area contributed by atoms with E-state index in [4.69, 9.17) is 5.26 Å². The molecular weight excluding hydrogens is 227 g/mol. The van der Waals surface area contributed by atoms with Gasteiger partial charge in [-0.05, 0) is 16.0 Å². The average molecular weight is 231 g/mol. The van der Waals surface area contributed by atoms with Crippen molar-refractivity contribution >= 4 is 5.82 Å². The van der Waals surface area contributed by atoms with Crippen molar-refractivity contribution in [2.75, 3.05) is 0 Å². The van der Waals surface area contributed by atoms with Crippen LogP contribution in [0, 0.1) is 21.4 Å². The fourth-order valence-electron chi connectivity index (χ4n) is 1.04. The predicted molar refractivity (Wildman–Crippen MR) is 45.2 cm³/mol. The van der Waals surface area contributed by atoms with Gasteiger partial charge in [-0.2, -0.15) is 18.4 Å². The number of aromatic nitrogens is 1. The summed E-state index contributed by atoms with van der Waals surface area (Å²) in [7, 11) is 0. The number of halogens is 3. The highest BCUT2D eigenvalue weighted by Gasteiger charge is 2.34. The maximum Gasteiger partial charge on any atom is 0.420 e. The highest BCUT2D eigenvalue weighted by molar-refractivity contribution is 5.37. The number of nitriles is 1. The van der Waals surface area contributed by atoms with Crippen LogP contribution in [0.5, 0.6) is 0 Å². The van der Waals surface area contributed by atoms with Gasteiger partial charge in [-0.15, -0.1) is 0 Å². The van der Waals surface area contributed by atoms with E-state index in [9.17, 15) is 23.3 Å². The third kappa shape index (κ3) is 2.44. The molecule has 0 aliphatic rings. The van der Waals surface area contributed by atoms with Crippen molar-refractivity contribution in [1.82, 2.24) is 4.98 Å². The Kier molecular flexibility index (Phi) is 3.08. The van der Waals surface area contributed by atoms with E-state index < -0.39 is 28.9 Å². The lowest BCUT2D eigenvalue weighted by molar-refractivity contribution is -0.390. The monoisotopic (exact) mass is 231 g/mol. The minimum absolute atomic E-state index is 0.345. The van der Waals surface area contributed by atoms with Crippen LogP contribution in [0.1, 0.15) is 11.1 Å². The number of nitro groups is 1. The molecule has 0 spiro atoms. The third-order valence-corrected chi connectivity index (χ3v) is 1.71. The van der Waals surface area contributed by atoms with Crippen LogP contribution in [0.15, 0.2) is 12.3 Å². The Balaban J connectivity index is 3.29. The number of alkyl halides is 3. The van der Waals surface area contributed by atoms with E-state index in [0.717, 1.165) is 0 Å². The van der Waals surface area contributed by atoms with Crippen LogP contribution < -0.4 is 0 Å². The summed E-state index contributed by atoms with van der Waals surface area (Å²) in [6.07, 6.45) is -4.75. The smallest absolute Gasteiger partial charge is 0.358 e. The van der Waals surface area contributed by atoms with Crippen molar-refractivity contribution in [3.63, 3.8) is 0 Å². The molecule has 0 radical (unpaired) electrons. The molecule has 0 atom stereocenters. The Labute approximate surface area is 87.3 Å². The normalized spacial score (nSPS) is 10.9. The van der Waals surface area contributed by atoms with Crippen LogP contribution in [0.3, 0.4) is 0 Å². The summed E-state index contributed by atoms with van der Waals surface area (Å²) in [4.78, 5) is 12.6. The van der Waals surface area contributed by atoms with E-state index in [1.54, 1.807) is 6.07 Å². The largest absolute Gasteiger partial charge is 0.420 e. The third-order valence-electron chi connectivity index (χ3n) is 1.71. The van der Waals surface area contributed by atoms with Crippen molar-refractivity contribution in [2.45, 2.75) is 12.6 Å². The molecule has 0 unspecified atom stereocenters. The van der Waals surface area contributed by atoms with Gasteiger partial charge in [-0.25, -0.2) is 0 Å².